The van der Waals surface area contributed by atoms with E-state index in [0.717, 1.165) is 5.56 Å². The van der Waals surface area contributed by atoms with Gasteiger partial charge < -0.3 is 33.7 Å². The summed E-state index contributed by atoms with van der Waals surface area (Å²) >= 11 is 0. The zero-order chi connectivity index (χ0) is 25.3. The fourth-order valence-electron chi connectivity index (χ4n) is 4.88. The second-order valence-electron chi connectivity index (χ2n) is 8.45. The molecular formula is C24H28N2O9. The van der Waals surface area contributed by atoms with Crippen LogP contribution in [0.1, 0.15) is 31.0 Å². The van der Waals surface area contributed by atoms with Crippen LogP contribution in [0.15, 0.2) is 42.5 Å². The van der Waals surface area contributed by atoms with Gasteiger partial charge in [0.2, 0.25) is 0 Å². The Balaban J connectivity index is 1.89. The topological polar surface area (TPSA) is 130 Å². The van der Waals surface area contributed by atoms with Crippen LogP contribution in [0.4, 0.5) is 16.2 Å². The number of anilines is 1. The molecule has 0 radical (unpaired) electrons. The lowest BCUT2D eigenvalue weighted by Crippen LogP contribution is -2.63. The third kappa shape index (κ3) is 4.26. The Morgan fingerprint density at radius 3 is 2.66 bits per heavy atom. The Hall–Kier alpha value is -3.41. The largest absolute Gasteiger partial charge is 0.510 e. The Labute approximate surface area is 202 Å². The summed E-state index contributed by atoms with van der Waals surface area (Å²) < 4.78 is 27.7. The molecule has 11 heteroatoms. The molecule has 2 heterocycles. The Morgan fingerprint density at radius 2 is 2.00 bits per heavy atom. The van der Waals surface area contributed by atoms with Gasteiger partial charge in [0.1, 0.15) is 11.9 Å². The highest BCUT2D eigenvalue weighted by atomic mass is 16.7. The monoisotopic (exact) mass is 488 g/mol. The van der Waals surface area contributed by atoms with Crippen molar-refractivity contribution in [1.29, 1.82) is 0 Å². The van der Waals surface area contributed by atoms with Crippen LogP contribution in [-0.4, -0.2) is 61.2 Å². The number of carbonyl (C=O) groups excluding carboxylic acids is 1. The van der Waals surface area contributed by atoms with Crippen molar-refractivity contribution < 1.29 is 38.5 Å². The fraction of sp³-hybridized carbons (Fsp3) is 0.458. The normalized spacial score (nSPS) is 25.0. The number of nitrogens with zero attached hydrogens (tertiary/aromatic N) is 2. The van der Waals surface area contributed by atoms with Crippen LogP contribution in [0.2, 0.25) is 0 Å². The first-order chi connectivity index (χ1) is 16.7. The number of aliphatic hydroxyl groups is 1. The Bertz CT molecular complexity index is 1110. The van der Waals surface area contributed by atoms with E-state index in [1.54, 1.807) is 18.7 Å². The molecule has 2 aromatic rings. The maximum atomic E-state index is 12.3. The Morgan fingerprint density at radius 1 is 1.29 bits per heavy atom. The summed E-state index contributed by atoms with van der Waals surface area (Å²) in [6.45, 7) is 3.44. The van der Waals surface area contributed by atoms with Crippen molar-refractivity contribution in [2.75, 3.05) is 25.7 Å². The second kappa shape index (κ2) is 9.68. The van der Waals surface area contributed by atoms with E-state index in [1.807, 2.05) is 24.3 Å². The van der Waals surface area contributed by atoms with Gasteiger partial charge in [-0.25, -0.2) is 4.79 Å². The molecule has 0 aromatic heterocycles. The van der Waals surface area contributed by atoms with Crippen molar-refractivity contribution in [3.05, 3.63) is 63.7 Å². The minimum Gasteiger partial charge on any atom is -0.479 e. The first-order valence-corrected chi connectivity index (χ1v) is 11.2. The molecule has 0 unspecified atom stereocenters. The lowest BCUT2D eigenvalue weighted by Gasteiger charge is -2.50. The molecule has 35 heavy (non-hydrogen) atoms. The highest BCUT2D eigenvalue weighted by Crippen LogP contribution is 2.50. The van der Waals surface area contributed by atoms with Crippen molar-refractivity contribution >= 4 is 17.5 Å². The van der Waals surface area contributed by atoms with E-state index in [-0.39, 0.29) is 12.3 Å². The van der Waals surface area contributed by atoms with Gasteiger partial charge in [0.05, 0.1) is 17.6 Å². The molecule has 0 spiro atoms. The van der Waals surface area contributed by atoms with Gasteiger partial charge in [0.15, 0.2) is 18.1 Å². The van der Waals surface area contributed by atoms with Crippen molar-refractivity contribution in [3.8, 4) is 5.75 Å². The van der Waals surface area contributed by atoms with E-state index < -0.39 is 41.3 Å². The predicted octanol–water partition coefficient (Wildman–Crippen LogP) is 3.33. The van der Waals surface area contributed by atoms with E-state index in [9.17, 15) is 20.0 Å². The number of nitro groups is 1. The maximum absolute atomic E-state index is 12.3. The number of ether oxygens (including phenoxy) is 5. The van der Waals surface area contributed by atoms with Crippen LogP contribution < -0.4 is 9.64 Å². The lowest BCUT2D eigenvalue weighted by molar-refractivity contribution is -0.385. The molecule has 0 saturated carbocycles. The highest BCUT2D eigenvalue weighted by Gasteiger charge is 2.56. The molecule has 11 nitrogen and oxygen atoms in total. The molecule has 0 amide bonds. The van der Waals surface area contributed by atoms with Gasteiger partial charge in [0.25, 0.3) is 5.69 Å². The molecule has 0 bridgehead atoms. The third-order valence-electron chi connectivity index (χ3n) is 6.40. The second-order valence-corrected chi connectivity index (χ2v) is 8.45. The molecule has 2 aliphatic rings. The summed E-state index contributed by atoms with van der Waals surface area (Å²) in [6, 6.07) is 10.7. The number of methoxy groups -OCH3 is 2. The molecule has 0 fully saturated rings. The molecule has 2 aromatic carbocycles. The van der Waals surface area contributed by atoms with Crippen LogP contribution >= 0.6 is 0 Å². The number of rotatable bonds is 7. The van der Waals surface area contributed by atoms with Crippen LogP contribution in [-0.2, 0) is 25.4 Å². The zero-order valence-electron chi connectivity index (χ0n) is 19.9. The summed E-state index contributed by atoms with van der Waals surface area (Å²) in [7, 11) is 2.85. The number of aliphatic hydroxyl groups excluding tert-OH is 1. The highest BCUT2D eigenvalue weighted by molar-refractivity contribution is 5.66. The maximum Gasteiger partial charge on any atom is 0.510 e. The quantitative estimate of drug-likeness (QED) is 0.268. The van der Waals surface area contributed by atoms with E-state index in [4.69, 9.17) is 23.7 Å². The van der Waals surface area contributed by atoms with Gasteiger partial charge in [-0.2, -0.15) is 0 Å². The number of nitro benzene ring substituents is 1. The van der Waals surface area contributed by atoms with Crippen molar-refractivity contribution in [2.24, 2.45) is 0 Å². The van der Waals surface area contributed by atoms with E-state index in [0.29, 0.717) is 23.4 Å². The van der Waals surface area contributed by atoms with E-state index >= 15 is 0 Å². The molecule has 0 aliphatic carbocycles. The number of para-hydroxylation sites is 1. The summed E-state index contributed by atoms with van der Waals surface area (Å²) in [5.41, 5.74) is 0.370. The van der Waals surface area contributed by atoms with Crippen molar-refractivity contribution in [1.82, 2.24) is 0 Å². The minimum atomic E-state index is -1.41. The van der Waals surface area contributed by atoms with Crippen molar-refractivity contribution in [3.63, 3.8) is 0 Å². The number of benzene rings is 2. The molecule has 4 atom stereocenters. The summed E-state index contributed by atoms with van der Waals surface area (Å²) in [6.07, 6.45) is -3.67. The molecule has 0 saturated heterocycles. The zero-order valence-corrected chi connectivity index (χ0v) is 19.9. The van der Waals surface area contributed by atoms with Gasteiger partial charge in [0, 0.05) is 44.0 Å². The first kappa shape index (κ1) is 24.7. The van der Waals surface area contributed by atoms with E-state index in [2.05, 4.69) is 0 Å². The van der Waals surface area contributed by atoms with Crippen LogP contribution in [0.25, 0.3) is 0 Å². The fourth-order valence-corrected chi connectivity index (χ4v) is 4.88. The van der Waals surface area contributed by atoms with Crippen LogP contribution in [0.3, 0.4) is 0 Å². The number of hydrogen-bond acceptors (Lipinski definition) is 10. The van der Waals surface area contributed by atoms with Crippen LogP contribution in [0, 0.1) is 10.1 Å². The standard InChI is InChI=1S/C24H28N2O9/c1-5-33-23(28)34-19-12-14-8-6-7-9-17(14)25(19)20-16-13-15(26(29)30)10-11-18(16)35-24(2,21(20)27)22(31-3)32-4/h6-11,13,19-22,27H,5,12H2,1-4H3/t19-,20+,21-,24+/m1/s1. The molecule has 1 N–H and O–H groups in total. The average molecular weight is 488 g/mol. The minimum absolute atomic E-state index is 0.134. The summed E-state index contributed by atoms with van der Waals surface area (Å²) in [5, 5.41) is 23.3. The molecule has 188 valence electrons. The van der Waals surface area contributed by atoms with Crippen LogP contribution in [0.5, 0.6) is 5.75 Å². The number of hydrogen-bond donors (Lipinski definition) is 1. The Kier molecular flexibility index (Phi) is 6.84. The lowest BCUT2D eigenvalue weighted by atomic mass is 9.83. The number of carbonyl (C=O) groups is 1. The number of fused-ring (bicyclic) bond motifs is 2. The SMILES string of the molecule is CCOC(=O)O[C@@H]1Cc2ccccc2N1[C@H]1c2cc([N+](=O)[O-])ccc2O[C@](C)(C(OC)OC)[C@@H]1O. The first-order valence-electron chi connectivity index (χ1n) is 11.2. The molecule has 4 rings (SSSR count). The van der Waals surface area contributed by atoms with Gasteiger partial charge >= 0.3 is 6.16 Å². The van der Waals surface area contributed by atoms with Gasteiger partial charge in [-0.15, -0.1) is 0 Å². The third-order valence-corrected chi connectivity index (χ3v) is 6.40. The smallest absolute Gasteiger partial charge is 0.479 e. The average Bonchev–Trinajstić information content (AvgIpc) is 3.18. The van der Waals surface area contributed by atoms with E-state index in [1.165, 1.54) is 32.4 Å². The number of non-ortho nitro benzene ring substituents is 1. The summed E-state index contributed by atoms with van der Waals surface area (Å²) in [5.74, 6) is 0.312. The predicted molar refractivity (Wildman–Crippen MR) is 123 cm³/mol. The van der Waals surface area contributed by atoms with Gasteiger partial charge in [-0.05, 0) is 31.5 Å². The molecule has 2 aliphatic heterocycles. The summed E-state index contributed by atoms with van der Waals surface area (Å²) in [4.78, 5) is 25.1. The van der Waals surface area contributed by atoms with Gasteiger partial charge in [-0.1, -0.05) is 18.2 Å². The van der Waals surface area contributed by atoms with Gasteiger partial charge in [-0.3, -0.25) is 10.1 Å². The molecular weight excluding hydrogens is 460 g/mol. The van der Waals surface area contributed by atoms with Crippen molar-refractivity contribution in [2.45, 2.75) is 50.5 Å².